The molecule has 4 aromatic carbocycles. The first-order chi connectivity index (χ1) is 19.5. The summed E-state index contributed by atoms with van der Waals surface area (Å²) < 4.78 is 12.2. The first kappa shape index (κ1) is 27.8. The van der Waals surface area contributed by atoms with Crippen molar-refractivity contribution in [2.45, 2.75) is 25.7 Å². The highest BCUT2D eigenvalue weighted by atomic mass is 16.5. The maximum atomic E-state index is 12.2. The quantitative estimate of drug-likeness (QED) is 0.0425. The number of para-hydroxylation sites is 2. The minimum Gasteiger partial charge on any atom is -0.618 e. The van der Waals surface area contributed by atoms with Gasteiger partial charge in [0, 0.05) is 48.2 Å². The summed E-state index contributed by atoms with van der Waals surface area (Å²) in [4.78, 5) is 24.3. The van der Waals surface area contributed by atoms with Crippen molar-refractivity contribution >= 4 is 35.7 Å². The molecule has 0 N–H and O–H groups in total. The summed E-state index contributed by atoms with van der Waals surface area (Å²) in [5.41, 5.74) is 2.38. The fourth-order valence-electron chi connectivity index (χ4n) is 3.72. The SMILES string of the molecule is O=C(CCCCC(=O)Oc1ccc(/C=[N+](/[O-])c2ccccc2)cc1)Oc1ccc(/C=[N+](\[O-])c2ccccc2)cc1. The van der Waals surface area contributed by atoms with E-state index in [1.54, 1.807) is 97.1 Å². The van der Waals surface area contributed by atoms with Crippen LogP contribution in [0.15, 0.2) is 109 Å². The number of hydrogen-bond donors (Lipinski definition) is 0. The first-order valence-electron chi connectivity index (χ1n) is 12.8. The van der Waals surface area contributed by atoms with Gasteiger partial charge in [-0.15, -0.1) is 0 Å². The molecular formula is C32H28N2O6. The van der Waals surface area contributed by atoms with Gasteiger partial charge in [0.15, 0.2) is 12.4 Å². The van der Waals surface area contributed by atoms with E-state index in [0.29, 0.717) is 46.8 Å². The standard InChI is InChI=1S/C32H28N2O6/c35-31(39-29-19-15-25(16-20-29)23-33(37)27-9-3-1-4-10-27)13-7-8-14-32(36)40-30-21-17-26(18-22-30)24-34(38)28-11-5-2-6-12-28/h1-6,9-12,15-24H,7-8,13-14H2/b33-23-,34-24+. The molecule has 4 aromatic rings. The van der Waals surface area contributed by atoms with Gasteiger partial charge in [0.05, 0.1) is 0 Å². The molecular weight excluding hydrogens is 508 g/mol. The van der Waals surface area contributed by atoms with Crippen molar-refractivity contribution in [3.05, 3.63) is 131 Å². The van der Waals surface area contributed by atoms with E-state index >= 15 is 0 Å². The van der Waals surface area contributed by atoms with Crippen molar-refractivity contribution in [2.24, 2.45) is 0 Å². The molecule has 0 aliphatic heterocycles. The average Bonchev–Trinajstić information content (AvgIpc) is 2.98. The van der Waals surface area contributed by atoms with Crippen molar-refractivity contribution < 1.29 is 28.5 Å². The van der Waals surface area contributed by atoms with Crippen molar-refractivity contribution in [3.63, 3.8) is 0 Å². The summed E-state index contributed by atoms with van der Waals surface area (Å²) in [6, 6.07) is 30.9. The van der Waals surface area contributed by atoms with Gasteiger partial charge < -0.3 is 19.9 Å². The molecule has 0 bridgehead atoms. The molecule has 0 fully saturated rings. The van der Waals surface area contributed by atoms with E-state index in [4.69, 9.17) is 9.47 Å². The summed E-state index contributed by atoms with van der Waals surface area (Å²) in [7, 11) is 0. The second-order valence-electron chi connectivity index (χ2n) is 8.87. The molecule has 8 heteroatoms. The predicted molar refractivity (Wildman–Crippen MR) is 152 cm³/mol. The molecule has 8 nitrogen and oxygen atoms in total. The highest BCUT2D eigenvalue weighted by Gasteiger charge is 2.09. The Morgan fingerprint density at radius 3 is 1.25 bits per heavy atom. The van der Waals surface area contributed by atoms with Crippen molar-refractivity contribution in [3.8, 4) is 11.5 Å². The van der Waals surface area contributed by atoms with Crippen LogP contribution in [-0.4, -0.2) is 33.8 Å². The Morgan fingerprint density at radius 2 is 0.900 bits per heavy atom. The summed E-state index contributed by atoms with van der Waals surface area (Å²) in [5, 5.41) is 24.4. The highest BCUT2D eigenvalue weighted by Crippen LogP contribution is 2.16. The highest BCUT2D eigenvalue weighted by molar-refractivity contribution is 5.78. The maximum absolute atomic E-state index is 12.2. The number of benzene rings is 4. The number of hydrogen-bond acceptors (Lipinski definition) is 6. The third kappa shape index (κ3) is 8.66. The molecule has 0 aromatic heterocycles. The number of carbonyl (C=O) groups is 2. The van der Waals surface area contributed by atoms with Gasteiger partial charge in [-0.25, -0.2) is 0 Å². The molecule has 0 amide bonds. The molecule has 0 radical (unpaired) electrons. The maximum Gasteiger partial charge on any atom is 0.311 e. The fraction of sp³-hybridized carbons (Fsp3) is 0.125. The smallest absolute Gasteiger partial charge is 0.311 e. The third-order valence-electron chi connectivity index (χ3n) is 5.79. The Labute approximate surface area is 232 Å². The van der Waals surface area contributed by atoms with Crippen LogP contribution in [0.5, 0.6) is 11.5 Å². The van der Waals surface area contributed by atoms with Gasteiger partial charge in [-0.2, -0.15) is 9.48 Å². The van der Waals surface area contributed by atoms with Gasteiger partial charge in [0.25, 0.3) is 0 Å². The van der Waals surface area contributed by atoms with Gasteiger partial charge in [-0.3, -0.25) is 9.59 Å². The Morgan fingerprint density at radius 1 is 0.550 bits per heavy atom. The zero-order chi connectivity index (χ0) is 28.2. The van der Waals surface area contributed by atoms with Crippen molar-refractivity contribution in [2.75, 3.05) is 0 Å². The zero-order valence-electron chi connectivity index (χ0n) is 21.7. The van der Waals surface area contributed by atoms with Gasteiger partial charge in [0.2, 0.25) is 11.4 Å². The van der Waals surface area contributed by atoms with Crippen LogP contribution in [-0.2, 0) is 9.59 Å². The fourth-order valence-corrected chi connectivity index (χ4v) is 3.72. The van der Waals surface area contributed by atoms with Crippen LogP contribution in [0.2, 0.25) is 0 Å². The number of ether oxygens (including phenoxy) is 2. The lowest BCUT2D eigenvalue weighted by Crippen LogP contribution is -2.10. The normalized spacial score (nSPS) is 11.6. The Hall–Kier alpha value is -5.24. The number of unbranched alkanes of at least 4 members (excludes halogenated alkanes) is 1. The number of nitrogens with zero attached hydrogens (tertiary/aromatic N) is 2. The second-order valence-corrected chi connectivity index (χ2v) is 8.87. The largest absolute Gasteiger partial charge is 0.618 e. The molecule has 0 heterocycles. The van der Waals surface area contributed by atoms with E-state index in [0.717, 1.165) is 9.48 Å². The number of esters is 2. The lowest BCUT2D eigenvalue weighted by atomic mass is 10.2. The van der Waals surface area contributed by atoms with E-state index in [2.05, 4.69) is 0 Å². The average molecular weight is 537 g/mol. The summed E-state index contributed by atoms with van der Waals surface area (Å²) in [6.45, 7) is 0. The Balaban J connectivity index is 1.16. The molecule has 0 aliphatic carbocycles. The van der Waals surface area contributed by atoms with Crippen LogP contribution >= 0.6 is 0 Å². The molecule has 0 unspecified atom stereocenters. The minimum absolute atomic E-state index is 0.154. The van der Waals surface area contributed by atoms with Crippen LogP contribution in [0.1, 0.15) is 36.8 Å². The Bertz CT molecular complexity index is 1350. The monoisotopic (exact) mass is 536 g/mol. The topological polar surface area (TPSA) is 105 Å². The lowest BCUT2D eigenvalue weighted by molar-refractivity contribution is -0.354. The third-order valence-corrected chi connectivity index (χ3v) is 5.79. The summed E-state index contributed by atoms with van der Waals surface area (Å²) in [6.07, 6.45) is 4.13. The van der Waals surface area contributed by atoms with Crippen LogP contribution in [0, 0.1) is 10.4 Å². The van der Waals surface area contributed by atoms with Gasteiger partial charge >= 0.3 is 11.9 Å². The second kappa shape index (κ2) is 14.1. The number of carbonyl (C=O) groups excluding carboxylic acids is 2. The van der Waals surface area contributed by atoms with Crippen molar-refractivity contribution in [1.29, 1.82) is 0 Å². The van der Waals surface area contributed by atoms with Gasteiger partial charge in [0.1, 0.15) is 11.5 Å². The summed E-state index contributed by atoms with van der Waals surface area (Å²) in [5.74, 6) is -0.0595. The molecule has 0 spiro atoms. The molecule has 202 valence electrons. The molecule has 0 atom stereocenters. The first-order valence-corrected chi connectivity index (χ1v) is 12.8. The molecule has 0 saturated heterocycles. The van der Waals surface area contributed by atoms with E-state index in [1.165, 1.54) is 12.4 Å². The van der Waals surface area contributed by atoms with Crippen LogP contribution in [0.3, 0.4) is 0 Å². The number of rotatable bonds is 11. The van der Waals surface area contributed by atoms with Crippen LogP contribution < -0.4 is 9.47 Å². The van der Waals surface area contributed by atoms with E-state index in [1.807, 2.05) is 12.1 Å². The van der Waals surface area contributed by atoms with Crippen LogP contribution in [0.25, 0.3) is 0 Å². The van der Waals surface area contributed by atoms with Gasteiger partial charge in [-0.1, -0.05) is 36.4 Å². The van der Waals surface area contributed by atoms with E-state index < -0.39 is 11.9 Å². The molecule has 40 heavy (non-hydrogen) atoms. The van der Waals surface area contributed by atoms with Crippen molar-refractivity contribution in [1.82, 2.24) is 0 Å². The predicted octanol–water partition coefficient (Wildman–Crippen LogP) is 6.28. The Kier molecular flexibility index (Phi) is 9.77. The lowest BCUT2D eigenvalue weighted by Gasteiger charge is -2.06. The zero-order valence-corrected chi connectivity index (χ0v) is 21.7. The van der Waals surface area contributed by atoms with Gasteiger partial charge in [-0.05, 0) is 61.4 Å². The molecule has 0 saturated carbocycles. The molecule has 0 aliphatic rings. The summed E-state index contributed by atoms with van der Waals surface area (Å²) >= 11 is 0. The van der Waals surface area contributed by atoms with E-state index in [9.17, 15) is 20.0 Å². The van der Waals surface area contributed by atoms with E-state index in [-0.39, 0.29) is 12.8 Å². The molecule has 4 rings (SSSR count). The minimum atomic E-state index is -0.408. The van der Waals surface area contributed by atoms with Crippen LogP contribution in [0.4, 0.5) is 11.4 Å².